The maximum atomic E-state index is 5.47. The van der Waals surface area contributed by atoms with E-state index in [0.717, 1.165) is 31.5 Å². The van der Waals surface area contributed by atoms with E-state index in [0.29, 0.717) is 0 Å². The SMILES string of the molecule is CC1CCCC(CC2OCCO2)C1. The first-order valence-corrected chi connectivity index (χ1v) is 5.58. The molecule has 0 aromatic carbocycles. The molecule has 1 aliphatic heterocycles. The summed E-state index contributed by atoms with van der Waals surface area (Å²) in [5.41, 5.74) is 0. The first-order chi connectivity index (χ1) is 6.34. The van der Waals surface area contributed by atoms with Crippen molar-refractivity contribution in [1.82, 2.24) is 0 Å². The van der Waals surface area contributed by atoms with Gasteiger partial charge in [-0.2, -0.15) is 0 Å². The van der Waals surface area contributed by atoms with Crippen LogP contribution in [0.1, 0.15) is 39.0 Å². The van der Waals surface area contributed by atoms with E-state index in [9.17, 15) is 0 Å². The second kappa shape index (κ2) is 4.43. The van der Waals surface area contributed by atoms with Crippen LogP contribution in [0.5, 0.6) is 0 Å². The molecule has 1 saturated heterocycles. The summed E-state index contributed by atoms with van der Waals surface area (Å²) in [4.78, 5) is 0. The van der Waals surface area contributed by atoms with Crippen LogP contribution in [0.2, 0.25) is 0 Å². The van der Waals surface area contributed by atoms with E-state index in [1.807, 2.05) is 0 Å². The zero-order valence-electron chi connectivity index (χ0n) is 8.50. The smallest absolute Gasteiger partial charge is 0.158 e. The average molecular weight is 184 g/mol. The molecule has 2 aliphatic rings. The third-order valence-electron chi connectivity index (χ3n) is 3.26. The normalized spacial score (nSPS) is 36.7. The monoisotopic (exact) mass is 184 g/mol. The molecule has 13 heavy (non-hydrogen) atoms. The molecule has 0 aromatic rings. The summed E-state index contributed by atoms with van der Waals surface area (Å²) >= 11 is 0. The minimum atomic E-state index is 0.121. The number of hydrogen-bond donors (Lipinski definition) is 0. The Morgan fingerprint density at radius 1 is 1.15 bits per heavy atom. The highest BCUT2D eigenvalue weighted by molar-refractivity contribution is 4.72. The lowest BCUT2D eigenvalue weighted by atomic mass is 9.81. The van der Waals surface area contributed by atoms with Crippen LogP contribution in [-0.4, -0.2) is 19.5 Å². The van der Waals surface area contributed by atoms with Crippen molar-refractivity contribution in [1.29, 1.82) is 0 Å². The Morgan fingerprint density at radius 3 is 2.62 bits per heavy atom. The van der Waals surface area contributed by atoms with Crippen molar-refractivity contribution in [2.75, 3.05) is 13.2 Å². The topological polar surface area (TPSA) is 18.5 Å². The Bertz CT molecular complexity index is 152. The van der Waals surface area contributed by atoms with Gasteiger partial charge in [0, 0.05) is 6.42 Å². The van der Waals surface area contributed by atoms with Crippen LogP contribution >= 0.6 is 0 Å². The lowest BCUT2D eigenvalue weighted by Gasteiger charge is -2.27. The van der Waals surface area contributed by atoms with Gasteiger partial charge >= 0.3 is 0 Å². The number of ether oxygens (including phenoxy) is 2. The summed E-state index contributed by atoms with van der Waals surface area (Å²) < 4.78 is 10.9. The van der Waals surface area contributed by atoms with Crippen molar-refractivity contribution in [3.8, 4) is 0 Å². The zero-order chi connectivity index (χ0) is 9.10. The van der Waals surface area contributed by atoms with Crippen LogP contribution in [0.25, 0.3) is 0 Å². The highest BCUT2D eigenvalue weighted by Crippen LogP contribution is 2.32. The fourth-order valence-electron chi connectivity index (χ4n) is 2.59. The van der Waals surface area contributed by atoms with Crippen molar-refractivity contribution >= 4 is 0 Å². The third-order valence-corrected chi connectivity index (χ3v) is 3.26. The van der Waals surface area contributed by atoms with Gasteiger partial charge in [0.05, 0.1) is 13.2 Å². The Labute approximate surface area is 80.6 Å². The van der Waals surface area contributed by atoms with E-state index in [1.54, 1.807) is 0 Å². The highest BCUT2D eigenvalue weighted by Gasteiger charge is 2.25. The molecular formula is C11H20O2. The van der Waals surface area contributed by atoms with E-state index >= 15 is 0 Å². The van der Waals surface area contributed by atoms with Gasteiger partial charge in [-0.25, -0.2) is 0 Å². The zero-order valence-corrected chi connectivity index (χ0v) is 8.50. The van der Waals surface area contributed by atoms with Crippen LogP contribution in [0.4, 0.5) is 0 Å². The van der Waals surface area contributed by atoms with Gasteiger partial charge in [0.1, 0.15) is 0 Å². The molecular weight excluding hydrogens is 164 g/mol. The predicted molar refractivity (Wildman–Crippen MR) is 51.4 cm³/mol. The Kier molecular flexibility index (Phi) is 3.23. The molecule has 0 radical (unpaired) electrons. The molecule has 0 spiro atoms. The van der Waals surface area contributed by atoms with Crippen LogP contribution in [-0.2, 0) is 9.47 Å². The average Bonchev–Trinajstić information content (AvgIpc) is 2.57. The van der Waals surface area contributed by atoms with E-state index in [2.05, 4.69) is 6.92 Å². The Morgan fingerprint density at radius 2 is 1.92 bits per heavy atom. The Balaban J connectivity index is 1.73. The van der Waals surface area contributed by atoms with E-state index in [-0.39, 0.29) is 6.29 Å². The van der Waals surface area contributed by atoms with Crippen molar-refractivity contribution < 1.29 is 9.47 Å². The lowest BCUT2D eigenvalue weighted by molar-refractivity contribution is -0.0611. The second-order valence-electron chi connectivity index (χ2n) is 4.54. The molecule has 2 fully saturated rings. The van der Waals surface area contributed by atoms with E-state index in [1.165, 1.54) is 25.7 Å². The number of hydrogen-bond acceptors (Lipinski definition) is 2. The quantitative estimate of drug-likeness (QED) is 0.656. The van der Waals surface area contributed by atoms with Crippen LogP contribution in [0.15, 0.2) is 0 Å². The van der Waals surface area contributed by atoms with Gasteiger partial charge in [0.2, 0.25) is 0 Å². The maximum absolute atomic E-state index is 5.47. The molecule has 2 nitrogen and oxygen atoms in total. The summed E-state index contributed by atoms with van der Waals surface area (Å²) in [7, 11) is 0. The molecule has 0 N–H and O–H groups in total. The molecule has 2 atom stereocenters. The van der Waals surface area contributed by atoms with Crippen LogP contribution < -0.4 is 0 Å². The van der Waals surface area contributed by atoms with Gasteiger partial charge in [-0.1, -0.05) is 26.2 Å². The maximum Gasteiger partial charge on any atom is 0.158 e. The van der Waals surface area contributed by atoms with E-state index < -0.39 is 0 Å². The molecule has 2 unspecified atom stereocenters. The van der Waals surface area contributed by atoms with Gasteiger partial charge in [-0.3, -0.25) is 0 Å². The predicted octanol–water partition coefficient (Wildman–Crippen LogP) is 2.58. The molecule has 0 aromatic heterocycles. The minimum Gasteiger partial charge on any atom is -0.350 e. The Hall–Kier alpha value is -0.0800. The largest absolute Gasteiger partial charge is 0.350 e. The molecule has 2 heteroatoms. The highest BCUT2D eigenvalue weighted by atomic mass is 16.7. The summed E-state index contributed by atoms with van der Waals surface area (Å²) in [6, 6.07) is 0. The number of rotatable bonds is 2. The lowest BCUT2D eigenvalue weighted by Crippen LogP contribution is -2.19. The van der Waals surface area contributed by atoms with Crippen molar-refractivity contribution in [2.24, 2.45) is 11.8 Å². The molecule has 1 saturated carbocycles. The molecule has 2 rings (SSSR count). The van der Waals surface area contributed by atoms with Crippen LogP contribution in [0, 0.1) is 11.8 Å². The molecule has 76 valence electrons. The summed E-state index contributed by atoms with van der Waals surface area (Å²) in [6.45, 7) is 3.96. The van der Waals surface area contributed by atoms with Gasteiger partial charge < -0.3 is 9.47 Å². The fourth-order valence-corrected chi connectivity index (χ4v) is 2.59. The van der Waals surface area contributed by atoms with Gasteiger partial charge in [0.25, 0.3) is 0 Å². The second-order valence-corrected chi connectivity index (χ2v) is 4.54. The minimum absolute atomic E-state index is 0.121. The van der Waals surface area contributed by atoms with E-state index in [4.69, 9.17) is 9.47 Å². The molecule has 1 heterocycles. The molecule has 0 amide bonds. The van der Waals surface area contributed by atoms with Crippen molar-refractivity contribution in [3.05, 3.63) is 0 Å². The van der Waals surface area contributed by atoms with Gasteiger partial charge in [-0.15, -0.1) is 0 Å². The van der Waals surface area contributed by atoms with Gasteiger partial charge in [-0.05, 0) is 18.3 Å². The fraction of sp³-hybridized carbons (Fsp3) is 1.00. The molecule has 1 aliphatic carbocycles. The summed E-state index contributed by atoms with van der Waals surface area (Å²) in [5.74, 6) is 1.77. The third kappa shape index (κ3) is 2.68. The van der Waals surface area contributed by atoms with Crippen molar-refractivity contribution in [3.63, 3.8) is 0 Å². The summed E-state index contributed by atoms with van der Waals surface area (Å²) in [5, 5.41) is 0. The first kappa shape index (κ1) is 9.47. The first-order valence-electron chi connectivity index (χ1n) is 5.58. The van der Waals surface area contributed by atoms with Crippen molar-refractivity contribution in [2.45, 2.75) is 45.3 Å². The molecule has 0 bridgehead atoms. The van der Waals surface area contributed by atoms with Crippen LogP contribution in [0.3, 0.4) is 0 Å². The standard InChI is InChI=1S/C11H20O2/c1-9-3-2-4-10(7-9)8-11-12-5-6-13-11/h9-11H,2-8H2,1H3. The summed E-state index contributed by atoms with van der Waals surface area (Å²) in [6.07, 6.45) is 6.83. The van der Waals surface area contributed by atoms with Gasteiger partial charge in [0.15, 0.2) is 6.29 Å².